The summed E-state index contributed by atoms with van der Waals surface area (Å²) in [5.41, 5.74) is 4.65. The molecule has 2 bridgehead atoms. The molecule has 0 saturated heterocycles. The minimum absolute atomic E-state index is 0.0759. The lowest BCUT2D eigenvalue weighted by atomic mass is 9.50. The molecule has 3 aliphatic rings. The van der Waals surface area contributed by atoms with E-state index in [2.05, 4.69) is 29.4 Å². The van der Waals surface area contributed by atoms with E-state index in [9.17, 15) is 14.0 Å². The molecule has 3 aliphatic carbocycles. The van der Waals surface area contributed by atoms with Crippen LogP contribution in [0.4, 0.5) is 10.1 Å². The number of nitrogens with zero attached hydrogens (tertiary/aromatic N) is 1. The van der Waals surface area contributed by atoms with E-state index in [0.29, 0.717) is 50.7 Å². The van der Waals surface area contributed by atoms with Crippen molar-refractivity contribution in [2.75, 3.05) is 32.1 Å². The Balaban J connectivity index is 1.32. The van der Waals surface area contributed by atoms with Gasteiger partial charge in [-0.05, 0) is 99.2 Å². The van der Waals surface area contributed by atoms with Crippen LogP contribution in [0.2, 0.25) is 0 Å². The molecular weight excluding hydrogens is 609 g/mol. The molecular formula is C39H38FN3O5. The van der Waals surface area contributed by atoms with Crippen LogP contribution in [-0.4, -0.2) is 44.6 Å². The number of nitrogens with one attached hydrogen (secondary N) is 2. The number of anilines is 1. The minimum atomic E-state index is -0.385. The van der Waals surface area contributed by atoms with E-state index in [0.717, 1.165) is 55.1 Å². The van der Waals surface area contributed by atoms with Gasteiger partial charge < -0.3 is 29.4 Å². The van der Waals surface area contributed by atoms with Gasteiger partial charge in [-0.15, -0.1) is 0 Å². The number of ether oxygens (including phenoxy) is 2. The van der Waals surface area contributed by atoms with Gasteiger partial charge in [-0.3, -0.25) is 9.59 Å². The maximum Gasteiger partial charge on any atom is 0.255 e. The predicted molar refractivity (Wildman–Crippen MR) is 185 cm³/mol. The van der Waals surface area contributed by atoms with E-state index in [1.807, 2.05) is 42.5 Å². The molecule has 48 heavy (non-hydrogen) atoms. The zero-order valence-corrected chi connectivity index (χ0v) is 27.5. The maximum absolute atomic E-state index is 13.7. The third-order valence-electron chi connectivity index (χ3n) is 9.68. The summed E-state index contributed by atoms with van der Waals surface area (Å²) in [6, 6.07) is 22.7. The van der Waals surface area contributed by atoms with Crippen LogP contribution in [0.15, 0.2) is 83.3 Å². The zero-order valence-electron chi connectivity index (χ0n) is 27.5. The second kappa shape index (κ2) is 12.4. The van der Waals surface area contributed by atoms with Gasteiger partial charge in [0.2, 0.25) is 0 Å². The Morgan fingerprint density at radius 1 is 0.917 bits per heavy atom. The summed E-state index contributed by atoms with van der Waals surface area (Å²) in [5, 5.41) is 6.69. The van der Waals surface area contributed by atoms with Crippen molar-refractivity contribution in [1.29, 1.82) is 0 Å². The van der Waals surface area contributed by atoms with Crippen molar-refractivity contribution >= 4 is 28.5 Å². The predicted octanol–water partition coefficient (Wildman–Crippen LogP) is 8.19. The van der Waals surface area contributed by atoms with Crippen LogP contribution in [-0.2, 0) is 0 Å². The van der Waals surface area contributed by atoms with Gasteiger partial charge in [0.25, 0.3) is 11.8 Å². The summed E-state index contributed by atoms with van der Waals surface area (Å²) in [6.07, 6.45) is 3.12. The first-order valence-corrected chi connectivity index (χ1v) is 16.4. The number of carbonyl (C=O) groups is 2. The van der Waals surface area contributed by atoms with Crippen LogP contribution < -0.4 is 25.0 Å². The normalized spacial score (nSPS) is 17.6. The molecule has 0 spiro atoms. The standard InChI is InChI=1S/C39H38FN3O5/c1-5-43(6-2)32-19-34-30(18-29(32)25-12-15-33(46-4)31(16-25)37(44)42-39-20-23(21-39)22-39)35(38(45)41-3)36(48-34)24-10-13-27(14-11-24)47-28-9-7-8-26(40)17-28/h7-19,23H,5-6,20-22H2,1-4H3,(H,41,45)(H,42,44). The number of benzene rings is 4. The van der Waals surface area contributed by atoms with Crippen molar-refractivity contribution < 1.29 is 27.9 Å². The van der Waals surface area contributed by atoms with Crippen LogP contribution in [0.25, 0.3) is 33.4 Å². The second-order valence-corrected chi connectivity index (χ2v) is 12.6. The Hall–Kier alpha value is -5.31. The van der Waals surface area contributed by atoms with E-state index in [4.69, 9.17) is 13.9 Å². The summed E-state index contributed by atoms with van der Waals surface area (Å²) in [4.78, 5) is 29.3. The van der Waals surface area contributed by atoms with Crippen LogP contribution >= 0.6 is 0 Å². The van der Waals surface area contributed by atoms with Crippen molar-refractivity contribution in [3.63, 3.8) is 0 Å². The summed E-state index contributed by atoms with van der Waals surface area (Å²) in [7, 11) is 3.16. The number of hydrogen-bond acceptors (Lipinski definition) is 6. The van der Waals surface area contributed by atoms with Crippen molar-refractivity contribution in [1.82, 2.24) is 10.6 Å². The maximum atomic E-state index is 13.7. The molecule has 8 rings (SSSR count). The molecule has 5 aromatic rings. The fourth-order valence-electron chi connectivity index (χ4n) is 7.08. The highest BCUT2D eigenvalue weighted by Gasteiger charge is 2.57. The molecule has 246 valence electrons. The number of carbonyl (C=O) groups excluding carboxylic acids is 2. The largest absolute Gasteiger partial charge is 0.496 e. The number of methoxy groups -OCH3 is 1. The number of halogens is 1. The Bertz CT molecular complexity index is 2020. The van der Waals surface area contributed by atoms with E-state index in [1.54, 1.807) is 38.4 Å². The summed E-state index contributed by atoms with van der Waals surface area (Å²) in [5.74, 6) is 1.74. The highest BCUT2D eigenvalue weighted by molar-refractivity contribution is 6.13. The van der Waals surface area contributed by atoms with E-state index >= 15 is 0 Å². The molecule has 1 heterocycles. The number of fused-ring (bicyclic) bond motifs is 1. The molecule has 0 aliphatic heterocycles. The molecule has 3 saturated carbocycles. The van der Waals surface area contributed by atoms with Crippen LogP contribution in [0, 0.1) is 11.7 Å². The van der Waals surface area contributed by atoms with Crippen molar-refractivity contribution in [3.8, 4) is 39.7 Å². The Labute approximate surface area is 278 Å². The number of hydrogen-bond donors (Lipinski definition) is 2. The topological polar surface area (TPSA) is 93.0 Å². The first-order valence-electron chi connectivity index (χ1n) is 16.4. The van der Waals surface area contributed by atoms with Crippen molar-refractivity contribution in [2.24, 2.45) is 5.92 Å². The fraction of sp³-hybridized carbons (Fsp3) is 0.282. The summed E-state index contributed by atoms with van der Waals surface area (Å²) in [6.45, 7) is 5.66. The smallest absolute Gasteiger partial charge is 0.255 e. The average molecular weight is 648 g/mol. The number of rotatable bonds is 11. The van der Waals surface area contributed by atoms with Crippen LogP contribution in [0.5, 0.6) is 17.2 Å². The highest BCUT2D eigenvalue weighted by atomic mass is 19.1. The monoisotopic (exact) mass is 647 g/mol. The third kappa shape index (κ3) is 5.53. The molecule has 9 heteroatoms. The summed E-state index contributed by atoms with van der Waals surface area (Å²) < 4.78 is 31.6. The molecule has 3 fully saturated rings. The fourth-order valence-corrected chi connectivity index (χ4v) is 7.08. The second-order valence-electron chi connectivity index (χ2n) is 12.6. The molecule has 1 aromatic heterocycles. The SMILES string of the molecule is CCN(CC)c1cc2oc(-c3ccc(Oc4cccc(F)c4)cc3)c(C(=O)NC)c2cc1-c1ccc(OC)c(C(=O)NC23CC(C2)C3)c1. The molecule has 0 radical (unpaired) electrons. The Kier molecular flexibility index (Phi) is 8.07. The minimum Gasteiger partial charge on any atom is -0.496 e. The van der Waals surface area contributed by atoms with Gasteiger partial charge in [0.05, 0.1) is 18.2 Å². The zero-order chi connectivity index (χ0) is 33.6. The van der Waals surface area contributed by atoms with E-state index in [1.165, 1.54) is 12.1 Å². The molecule has 2 amide bonds. The van der Waals surface area contributed by atoms with Gasteiger partial charge in [0.1, 0.15) is 34.4 Å². The molecule has 0 unspecified atom stereocenters. The molecule has 2 N–H and O–H groups in total. The first-order chi connectivity index (χ1) is 23.2. The third-order valence-corrected chi connectivity index (χ3v) is 9.68. The Morgan fingerprint density at radius 3 is 2.27 bits per heavy atom. The van der Waals surface area contributed by atoms with Crippen molar-refractivity contribution in [2.45, 2.75) is 38.6 Å². The van der Waals surface area contributed by atoms with Crippen LogP contribution in [0.1, 0.15) is 53.8 Å². The Morgan fingerprint density at radius 2 is 1.65 bits per heavy atom. The molecule has 8 nitrogen and oxygen atoms in total. The lowest BCUT2D eigenvalue weighted by Gasteiger charge is -2.61. The lowest BCUT2D eigenvalue weighted by Crippen LogP contribution is -2.68. The summed E-state index contributed by atoms with van der Waals surface area (Å²) >= 11 is 0. The lowest BCUT2D eigenvalue weighted by molar-refractivity contribution is -0.0439. The van der Waals surface area contributed by atoms with Crippen molar-refractivity contribution in [3.05, 3.63) is 95.8 Å². The number of furan rings is 1. The molecule has 4 aromatic carbocycles. The average Bonchev–Trinajstić information content (AvgIpc) is 3.44. The first kappa shape index (κ1) is 31.3. The highest BCUT2D eigenvalue weighted by Crippen LogP contribution is 2.57. The van der Waals surface area contributed by atoms with Gasteiger partial charge in [-0.25, -0.2) is 4.39 Å². The quantitative estimate of drug-likeness (QED) is 0.150. The van der Waals surface area contributed by atoms with Gasteiger partial charge in [0.15, 0.2) is 0 Å². The van der Waals surface area contributed by atoms with Gasteiger partial charge in [-0.2, -0.15) is 0 Å². The van der Waals surface area contributed by atoms with Gasteiger partial charge >= 0.3 is 0 Å². The molecule has 0 atom stereocenters. The van der Waals surface area contributed by atoms with E-state index in [-0.39, 0.29) is 23.2 Å². The number of amides is 2. The van der Waals surface area contributed by atoms with E-state index < -0.39 is 0 Å². The van der Waals surface area contributed by atoms with Gasteiger partial charge in [-0.1, -0.05) is 12.1 Å². The van der Waals surface area contributed by atoms with Crippen LogP contribution in [0.3, 0.4) is 0 Å². The van der Waals surface area contributed by atoms with Gasteiger partial charge in [0, 0.05) is 60.0 Å².